The van der Waals surface area contributed by atoms with E-state index in [1.165, 1.54) is 0 Å². The third kappa shape index (κ3) is 2.34. The molecule has 0 atom stereocenters. The van der Waals surface area contributed by atoms with Crippen molar-refractivity contribution in [2.45, 2.75) is 0 Å². The molecular formula is C13H9BrN4O. The summed E-state index contributed by atoms with van der Waals surface area (Å²) in [6.45, 7) is 0. The minimum absolute atomic E-state index is 0.313. The lowest BCUT2D eigenvalue weighted by Gasteiger charge is -2.02. The normalized spacial score (nSPS) is 10.6. The zero-order valence-electron chi connectivity index (χ0n) is 9.72. The lowest BCUT2D eigenvalue weighted by Crippen LogP contribution is -2.15. The van der Waals surface area contributed by atoms with Gasteiger partial charge in [-0.3, -0.25) is 10.1 Å². The van der Waals surface area contributed by atoms with E-state index in [0.717, 1.165) is 11.0 Å². The summed E-state index contributed by atoms with van der Waals surface area (Å²) in [6, 6.07) is 11.1. The summed E-state index contributed by atoms with van der Waals surface area (Å²) in [5, 5.41) is 2.69. The van der Waals surface area contributed by atoms with E-state index in [1.807, 2.05) is 24.3 Å². The standard InChI is InChI=1S/C13H9BrN4O/c14-8-4-3-7-15-11(8)12(19)18-13-16-9-5-1-2-6-10(9)17-13/h1-7H,(H2,16,17,18,19). The predicted octanol–water partition coefficient (Wildman–Crippen LogP) is 2.97. The number of aromatic amines is 1. The Morgan fingerprint density at radius 1 is 1.21 bits per heavy atom. The number of aromatic nitrogens is 3. The molecule has 3 aromatic rings. The number of anilines is 1. The van der Waals surface area contributed by atoms with E-state index >= 15 is 0 Å². The van der Waals surface area contributed by atoms with Crippen molar-refractivity contribution in [3.63, 3.8) is 0 Å². The van der Waals surface area contributed by atoms with Gasteiger partial charge in [-0.05, 0) is 40.2 Å². The molecule has 0 unspecified atom stereocenters. The summed E-state index contributed by atoms with van der Waals surface area (Å²) in [5.41, 5.74) is 2.00. The number of nitrogens with one attached hydrogen (secondary N) is 2. The van der Waals surface area contributed by atoms with Gasteiger partial charge in [0, 0.05) is 10.7 Å². The van der Waals surface area contributed by atoms with Gasteiger partial charge < -0.3 is 4.98 Å². The molecule has 94 valence electrons. The highest BCUT2D eigenvalue weighted by Crippen LogP contribution is 2.16. The molecule has 2 heterocycles. The highest BCUT2D eigenvalue weighted by atomic mass is 79.9. The summed E-state index contributed by atoms with van der Waals surface area (Å²) >= 11 is 3.29. The maximum Gasteiger partial charge on any atom is 0.277 e. The highest BCUT2D eigenvalue weighted by Gasteiger charge is 2.13. The first-order valence-corrected chi connectivity index (χ1v) is 6.40. The van der Waals surface area contributed by atoms with Crippen molar-refractivity contribution in [2.75, 3.05) is 5.32 Å². The molecule has 6 heteroatoms. The van der Waals surface area contributed by atoms with Gasteiger partial charge in [-0.2, -0.15) is 0 Å². The molecule has 0 radical (unpaired) electrons. The average Bonchev–Trinajstić information content (AvgIpc) is 2.81. The molecule has 0 fully saturated rings. The molecular weight excluding hydrogens is 308 g/mol. The summed E-state index contributed by atoms with van der Waals surface area (Å²) in [4.78, 5) is 23.4. The van der Waals surface area contributed by atoms with Crippen LogP contribution in [0.4, 0.5) is 5.95 Å². The van der Waals surface area contributed by atoms with E-state index < -0.39 is 0 Å². The molecule has 1 amide bonds. The molecule has 0 spiro atoms. The van der Waals surface area contributed by atoms with E-state index in [0.29, 0.717) is 16.1 Å². The van der Waals surface area contributed by atoms with Crippen molar-refractivity contribution >= 4 is 38.8 Å². The summed E-state index contributed by atoms with van der Waals surface area (Å²) in [7, 11) is 0. The second-order valence-corrected chi connectivity index (χ2v) is 4.74. The number of pyridine rings is 1. The van der Waals surface area contributed by atoms with E-state index in [1.54, 1.807) is 18.3 Å². The second-order valence-electron chi connectivity index (χ2n) is 3.89. The maximum absolute atomic E-state index is 12.0. The lowest BCUT2D eigenvalue weighted by atomic mass is 10.3. The van der Waals surface area contributed by atoms with Crippen LogP contribution in [0, 0.1) is 0 Å². The van der Waals surface area contributed by atoms with Crippen LogP contribution < -0.4 is 5.32 Å². The number of hydrogen-bond donors (Lipinski definition) is 2. The number of carbonyl (C=O) groups is 1. The number of benzene rings is 1. The topological polar surface area (TPSA) is 70.7 Å². The fourth-order valence-electron chi connectivity index (χ4n) is 1.73. The Morgan fingerprint density at radius 3 is 2.84 bits per heavy atom. The fourth-order valence-corrected chi connectivity index (χ4v) is 2.17. The van der Waals surface area contributed by atoms with Crippen molar-refractivity contribution in [3.8, 4) is 0 Å². The number of amides is 1. The van der Waals surface area contributed by atoms with Crippen LogP contribution in [-0.4, -0.2) is 20.9 Å². The Hall–Kier alpha value is -2.21. The first kappa shape index (κ1) is 11.9. The van der Waals surface area contributed by atoms with Gasteiger partial charge in [-0.1, -0.05) is 12.1 Å². The van der Waals surface area contributed by atoms with Crippen LogP contribution in [0.25, 0.3) is 11.0 Å². The van der Waals surface area contributed by atoms with Crippen molar-refractivity contribution < 1.29 is 4.79 Å². The van der Waals surface area contributed by atoms with Gasteiger partial charge in [0.15, 0.2) is 0 Å². The molecule has 0 aliphatic carbocycles. The minimum atomic E-state index is -0.313. The van der Waals surface area contributed by atoms with E-state index in [-0.39, 0.29) is 5.91 Å². The van der Waals surface area contributed by atoms with E-state index in [4.69, 9.17) is 0 Å². The molecule has 0 bridgehead atoms. The van der Waals surface area contributed by atoms with Crippen LogP contribution in [0.5, 0.6) is 0 Å². The quantitative estimate of drug-likeness (QED) is 0.763. The number of fused-ring (bicyclic) bond motifs is 1. The van der Waals surface area contributed by atoms with Crippen LogP contribution in [0.1, 0.15) is 10.5 Å². The predicted molar refractivity (Wildman–Crippen MR) is 76.0 cm³/mol. The second kappa shape index (κ2) is 4.81. The Balaban J connectivity index is 1.89. The summed E-state index contributed by atoms with van der Waals surface area (Å²) in [5.74, 6) is 0.0929. The van der Waals surface area contributed by atoms with E-state index in [9.17, 15) is 4.79 Å². The Bertz CT molecular complexity index is 720. The molecule has 2 aromatic heterocycles. The lowest BCUT2D eigenvalue weighted by molar-refractivity contribution is 0.102. The third-order valence-corrected chi connectivity index (χ3v) is 3.23. The van der Waals surface area contributed by atoms with E-state index in [2.05, 4.69) is 36.2 Å². The number of imidazole rings is 1. The number of carbonyl (C=O) groups excluding carboxylic acids is 1. The first-order chi connectivity index (χ1) is 9.24. The first-order valence-electron chi connectivity index (χ1n) is 5.60. The third-order valence-electron chi connectivity index (χ3n) is 2.59. The monoisotopic (exact) mass is 316 g/mol. The zero-order valence-corrected chi connectivity index (χ0v) is 11.3. The highest BCUT2D eigenvalue weighted by molar-refractivity contribution is 9.10. The van der Waals surface area contributed by atoms with Crippen molar-refractivity contribution in [1.29, 1.82) is 0 Å². The van der Waals surface area contributed by atoms with Crippen LogP contribution >= 0.6 is 15.9 Å². The number of H-pyrrole nitrogens is 1. The molecule has 2 N–H and O–H groups in total. The van der Waals surface area contributed by atoms with Crippen molar-refractivity contribution in [3.05, 3.63) is 52.8 Å². The van der Waals surface area contributed by atoms with Gasteiger partial charge in [0.25, 0.3) is 5.91 Å². The maximum atomic E-state index is 12.0. The number of nitrogens with zero attached hydrogens (tertiary/aromatic N) is 2. The van der Waals surface area contributed by atoms with Gasteiger partial charge in [-0.15, -0.1) is 0 Å². The van der Waals surface area contributed by atoms with Crippen LogP contribution in [-0.2, 0) is 0 Å². The SMILES string of the molecule is O=C(Nc1nc2ccccc2[nH]1)c1ncccc1Br. The fraction of sp³-hybridized carbons (Fsp3) is 0. The van der Waals surface area contributed by atoms with Crippen molar-refractivity contribution in [2.24, 2.45) is 0 Å². The minimum Gasteiger partial charge on any atom is -0.324 e. The molecule has 0 saturated carbocycles. The molecule has 3 rings (SSSR count). The van der Waals surface area contributed by atoms with Gasteiger partial charge in [0.1, 0.15) is 5.69 Å². The smallest absolute Gasteiger partial charge is 0.277 e. The average molecular weight is 317 g/mol. The molecule has 0 saturated heterocycles. The largest absolute Gasteiger partial charge is 0.324 e. The number of halogens is 1. The molecule has 0 aliphatic rings. The van der Waals surface area contributed by atoms with Crippen LogP contribution in [0.3, 0.4) is 0 Å². The summed E-state index contributed by atoms with van der Waals surface area (Å²) < 4.78 is 0.642. The van der Waals surface area contributed by atoms with Crippen molar-refractivity contribution in [1.82, 2.24) is 15.0 Å². The van der Waals surface area contributed by atoms with Crippen LogP contribution in [0.2, 0.25) is 0 Å². The molecule has 1 aromatic carbocycles. The van der Waals surface area contributed by atoms with Gasteiger partial charge in [-0.25, -0.2) is 9.97 Å². The molecule has 0 aliphatic heterocycles. The summed E-state index contributed by atoms with van der Waals surface area (Å²) in [6.07, 6.45) is 1.57. The van der Waals surface area contributed by atoms with Gasteiger partial charge in [0.2, 0.25) is 5.95 Å². The number of rotatable bonds is 2. The molecule has 19 heavy (non-hydrogen) atoms. The van der Waals surface area contributed by atoms with Crippen LogP contribution in [0.15, 0.2) is 47.1 Å². The Morgan fingerprint density at radius 2 is 2.05 bits per heavy atom. The number of para-hydroxylation sites is 2. The van der Waals surface area contributed by atoms with Gasteiger partial charge in [0.05, 0.1) is 11.0 Å². The Kier molecular flexibility index (Phi) is 3.00. The molecule has 5 nitrogen and oxygen atoms in total. The van der Waals surface area contributed by atoms with Gasteiger partial charge >= 0.3 is 0 Å². The Labute approximate surface area is 117 Å². The number of hydrogen-bond acceptors (Lipinski definition) is 3. The zero-order chi connectivity index (χ0) is 13.2.